The minimum atomic E-state index is -0.154. The molecule has 0 saturated carbocycles. The van der Waals surface area contributed by atoms with Gasteiger partial charge in [0.15, 0.2) is 0 Å². The number of nitrogens with zero attached hydrogens (tertiary/aromatic N) is 2. The average molecular weight is 268 g/mol. The molecule has 2 rings (SSSR count). The zero-order chi connectivity index (χ0) is 13.0. The van der Waals surface area contributed by atoms with Crippen LogP contribution in [0.1, 0.15) is 30.1 Å². The Balaban J connectivity index is 1.86. The van der Waals surface area contributed by atoms with E-state index < -0.39 is 0 Å². The third kappa shape index (κ3) is 3.21. The van der Waals surface area contributed by atoms with Crippen LogP contribution in [-0.4, -0.2) is 41.5 Å². The molecule has 0 radical (unpaired) electrons. The van der Waals surface area contributed by atoms with Crippen molar-refractivity contribution >= 4 is 17.5 Å². The number of carbonyl (C=O) groups excluding carboxylic acids is 1. The van der Waals surface area contributed by atoms with Gasteiger partial charge in [-0.2, -0.15) is 0 Å². The Kier molecular flexibility index (Phi) is 4.55. The highest BCUT2D eigenvalue weighted by Gasteiger charge is 2.19. The maximum atomic E-state index is 11.9. The number of halogens is 1. The molecular formula is C13H18ClN3O. The van der Waals surface area contributed by atoms with Crippen LogP contribution in [0.15, 0.2) is 18.3 Å². The normalized spacial score (nSPS) is 17.7. The molecule has 1 N–H and O–H groups in total. The maximum Gasteiger partial charge on any atom is 0.254 e. The molecule has 1 saturated heterocycles. The molecule has 1 unspecified atom stereocenters. The molecule has 2 heterocycles. The van der Waals surface area contributed by atoms with Gasteiger partial charge in [0.2, 0.25) is 0 Å². The second-order valence-electron chi connectivity index (χ2n) is 4.64. The molecule has 1 aliphatic rings. The molecule has 0 aromatic carbocycles. The Bertz CT molecular complexity index is 418. The molecule has 18 heavy (non-hydrogen) atoms. The lowest BCUT2D eigenvalue weighted by atomic mass is 10.2. The van der Waals surface area contributed by atoms with Crippen LogP contribution in [0.3, 0.4) is 0 Å². The lowest BCUT2D eigenvalue weighted by Crippen LogP contribution is -2.40. The van der Waals surface area contributed by atoms with Gasteiger partial charge in [-0.05, 0) is 45.0 Å². The lowest BCUT2D eigenvalue weighted by Gasteiger charge is -2.23. The molecule has 0 bridgehead atoms. The first kappa shape index (κ1) is 13.3. The minimum Gasteiger partial charge on any atom is -0.350 e. The van der Waals surface area contributed by atoms with Crippen LogP contribution in [0.5, 0.6) is 0 Å². The molecule has 1 aromatic heterocycles. The van der Waals surface area contributed by atoms with Crippen molar-refractivity contribution in [1.82, 2.24) is 15.2 Å². The summed E-state index contributed by atoms with van der Waals surface area (Å²) in [4.78, 5) is 18.2. The zero-order valence-electron chi connectivity index (χ0n) is 10.5. The number of nitrogens with one attached hydrogen (secondary N) is 1. The topological polar surface area (TPSA) is 45.2 Å². The number of amides is 1. The third-order valence-electron chi connectivity index (χ3n) is 3.33. The molecule has 1 aromatic rings. The van der Waals surface area contributed by atoms with E-state index in [1.54, 1.807) is 18.3 Å². The molecule has 0 aliphatic carbocycles. The van der Waals surface area contributed by atoms with Crippen LogP contribution in [0, 0.1) is 0 Å². The van der Waals surface area contributed by atoms with E-state index in [-0.39, 0.29) is 11.1 Å². The van der Waals surface area contributed by atoms with Gasteiger partial charge in [-0.1, -0.05) is 11.6 Å². The summed E-state index contributed by atoms with van der Waals surface area (Å²) in [6, 6.07) is 3.77. The summed E-state index contributed by atoms with van der Waals surface area (Å²) < 4.78 is 0. The summed E-state index contributed by atoms with van der Waals surface area (Å²) in [5.41, 5.74) is 0.438. The van der Waals surface area contributed by atoms with E-state index in [0.29, 0.717) is 18.2 Å². The van der Waals surface area contributed by atoms with Crippen LogP contribution in [0.25, 0.3) is 0 Å². The third-order valence-corrected chi connectivity index (χ3v) is 3.63. The molecular weight excluding hydrogens is 250 g/mol. The largest absolute Gasteiger partial charge is 0.350 e. The van der Waals surface area contributed by atoms with Gasteiger partial charge in [0.05, 0.1) is 5.56 Å². The summed E-state index contributed by atoms with van der Waals surface area (Å²) in [5.74, 6) is -0.154. The lowest BCUT2D eigenvalue weighted by molar-refractivity contribution is 0.0940. The van der Waals surface area contributed by atoms with Gasteiger partial charge < -0.3 is 5.32 Å². The highest BCUT2D eigenvalue weighted by Crippen LogP contribution is 2.13. The zero-order valence-corrected chi connectivity index (χ0v) is 11.3. The molecule has 98 valence electrons. The predicted octanol–water partition coefficient (Wildman–Crippen LogP) is 1.95. The molecule has 1 aliphatic heterocycles. The van der Waals surface area contributed by atoms with Crippen LogP contribution in [0.4, 0.5) is 0 Å². The molecule has 5 heteroatoms. The number of likely N-dealkylation sites (tertiary alicyclic amines) is 1. The monoisotopic (exact) mass is 267 g/mol. The van der Waals surface area contributed by atoms with Crippen molar-refractivity contribution in [3.63, 3.8) is 0 Å². The highest BCUT2D eigenvalue weighted by molar-refractivity contribution is 6.32. The Hall–Kier alpha value is -1.13. The van der Waals surface area contributed by atoms with Gasteiger partial charge in [0.1, 0.15) is 5.15 Å². The summed E-state index contributed by atoms with van der Waals surface area (Å²) in [5, 5.41) is 3.16. The van der Waals surface area contributed by atoms with Gasteiger partial charge in [0.25, 0.3) is 5.91 Å². The molecule has 0 spiro atoms. The maximum absolute atomic E-state index is 11.9. The SMILES string of the molecule is CC(CNC(=O)c1cccnc1Cl)N1CCCC1. The van der Waals surface area contributed by atoms with Crippen LogP contribution in [-0.2, 0) is 0 Å². The summed E-state index contributed by atoms with van der Waals surface area (Å²) in [6.45, 7) is 5.04. The molecule has 4 nitrogen and oxygen atoms in total. The van der Waals surface area contributed by atoms with E-state index in [4.69, 9.17) is 11.6 Å². The quantitative estimate of drug-likeness (QED) is 0.848. The fourth-order valence-electron chi connectivity index (χ4n) is 2.20. The van der Waals surface area contributed by atoms with E-state index in [2.05, 4.69) is 22.1 Å². The predicted molar refractivity (Wildman–Crippen MR) is 71.8 cm³/mol. The first-order valence-corrected chi connectivity index (χ1v) is 6.69. The van der Waals surface area contributed by atoms with Crippen LogP contribution >= 0.6 is 11.6 Å². The number of pyridine rings is 1. The van der Waals surface area contributed by atoms with E-state index >= 15 is 0 Å². The van der Waals surface area contributed by atoms with Crippen LogP contribution < -0.4 is 5.32 Å². The minimum absolute atomic E-state index is 0.154. The van der Waals surface area contributed by atoms with E-state index in [1.807, 2.05) is 0 Å². The van der Waals surface area contributed by atoms with Crippen molar-refractivity contribution in [2.24, 2.45) is 0 Å². The van der Waals surface area contributed by atoms with Crippen molar-refractivity contribution in [2.75, 3.05) is 19.6 Å². The van der Waals surface area contributed by atoms with Gasteiger partial charge >= 0.3 is 0 Å². The fraction of sp³-hybridized carbons (Fsp3) is 0.538. The smallest absolute Gasteiger partial charge is 0.254 e. The number of hydrogen-bond acceptors (Lipinski definition) is 3. The van der Waals surface area contributed by atoms with E-state index in [9.17, 15) is 4.79 Å². The summed E-state index contributed by atoms with van der Waals surface area (Å²) >= 11 is 5.88. The van der Waals surface area contributed by atoms with Crippen molar-refractivity contribution in [2.45, 2.75) is 25.8 Å². The number of carbonyl (C=O) groups is 1. The fourth-order valence-corrected chi connectivity index (χ4v) is 2.41. The van der Waals surface area contributed by atoms with Crippen molar-refractivity contribution in [1.29, 1.82) is 0 Å². The Morgan fingerprint density at radius 1 is 1.56 bits per heavy atom. The van der Waals surface area contributed by atoms with Crippen molar-refractivity contribution < 1.29 is 4.79 Å². The van der Waals surface area contributed by atoms with Gasteiger partial charge in [-0.15, -0.1) is 0 Å². The first-order valence-electron chi connectivity index (χ1n) is 6.31. The van der Waals surface area contributed by atoms with Crippen molar-refractivity contribution in [3.05, 3.63) is 29.0 Å². The van der Waals surface area contributed by atoms with Crippen LogP contribution in [0.2, 0.25) is 5.15 Å². The second-order valence-corrected chi connectivity index (χ2v) is 5.00. The van der Waals surface area contributed by atoms with Gasteiger partial charge in [-0.3, -0.25) is 9.69 Å². The van der Waals surface area contributed by atoms with E-state index in [0.717, 1.165) is 13.1 Å². The molecule has 1 atom stereocenters. The van der Waals surface area contributed by atoms with Gasteiger partial charge in [0, 0.05) is 18.8 Å². The van der Waals surface area contributed by atoms with E-state index in [1.165, 1.54) is 12.8 Å². The molecule has 1 fully saturated rings. The van der Waals surface area contributed by atoms with Gasteiger partial charge in [-0.25, -0.2) is 4.98 Å². The first-order chi connectivity index (χ1) is 8.68. The van der Waals surface area contributed by atoms with Crippen molar-refractivity contribution in [3.8, 4) is 0 Å². The second kappa shape index (κ2) is 6.16. The Labute approximate surface area is 112 Å². The number of hydrogen-bond donors (Lipinski definition) is 1. The average Bonchev–Trinajstić information content (AvgIpc) is 2.90. The Morgan fingerprint density at radius 2 is 2.28 bits per heavy atom. The number of aromatic nitrogens is 1. The highest BCUT2D eigenvalue weighted by atomic mass is 35.5. The molecule has 1 amide bonds. The standard InChI is InChI=1S/C13H18ClN3O/c1-10(17-7-2-3-8-17)9-16-13(18)11-5-4-6-15-12(11)14/h4-6,10H,2-3,7-9H2,1H3,(H,16,18). The Morgan fingerprint density at radius 3 is 2.94 bits per heavy atom. The number of rotatable bonds is 4. The summed E-state index contributed by atoms with van der Waals surface area (Å²) in [7, 11) is 0. The summed E-state index contributed by atoms with van der Waals surface area (Å²) in [6.07, 6.45) is 4.09.